The molecule has 0 aliphatic heterocycles. The second-order valence-electron chi connectivity index (χ2n) is 4.52. The fourth-order valence-corrected chi connectivity index (χ4v) is 1.83. The van der Waals surface area contributed by atoms with Crippen molar-refractivity contribution < 1.29 is 9.47 Å². The number of nitrogens with one attached hydrogen (secondary N) is 1. The fourth-order valence-electron chi connectivity index (χ4n) is 1.83. The van der Waals surface area contributed by atoms with Crippen LogP contribution in [0.25, 0.3) is 0 Å². The van der Waals surface area contributed by atoms with Crippen molar-refractivity contribution in [1.82, 2.24) is 15.0 Å². The van der Waals surface area contributed by atoms with Crippen molar-refractivity contribution >= 4 is 11.5 Å². The summed E-state index contributed by atoms with van der Waals surface area (Å²) in [4.78, 5) is 14.5. The highest BCUT2D eigenvalue weighted by Gasteiger charge is 2.12. The summed E-state index contributed by atoms with van der Waals surface area (Å²) in [5.74, 6) is 1.89. The number of rotatable bonds is 6. The SMILES string of the molecule is COc1ncnc(OC)c1CNc1ccc(N(C)C)nc1. The van der Waals surface area contributed by atoms with E-state index in [0.717, 1.165) is 17.1 Å². The molecule has 0 spiro atoms. The summed E-state index contributed by atoms with van der Waals surface area (Å²) in [5, 5.41) is 3.26. The molecule has 0 atom stereocenters. The van der Waals surface area contributed by atoms with E-state index >= 15 is 0 Å². The largest absolute Gasteiger partial charge is 0.481 e. The van der Waals surface area contributed by atoms with Crippen molar-refractivity contribution in [3.8, 4) is 11.8 Å². The smallest absolute Gasteiger partial charge is 0.225 e. The number of anilines is 2. The Kier molecular flexibility index (Phi) is 4.76. The highest BCUT2D eigenvalue weighted by molar-refractivity contribution is 5.49. The van der Waals surface area contributed by atoms with E-state index in [0.29, 0.717) is 18.3 Å². The van der Waals surface area contributed by atoms with Crippen LogP contribution in [0.5, 0.6) is 11.8 Å². The third-order valence-corrected chi connectivity index (χ3v) is 2.93. The zero-order valence-electron chi connectivity index (χ0n) is 12.6. The second kappa shape index (κ2) is 6.74. The zero-order valence-corrected chi connectivity index (χ0v) is 12.6. The molecule has 2 heterocycles. The Morgan fingerprint density at radius 1 is 1.05 bits per heavy atom. The van der Waals surface area contributed by atoms with Crippen LogP contribution in [0.4, 0.5) is 11.5 Å². The summed E-state index contributed by atoms with van der Waals surface area (Å²) in [6, 6.07) is 3.91. The van der Waals surface area contributed by atoms with Gasteiger partial charge < -0.3 is 19.7 Å². The van der Waals surface area contributed by atoms with Crippen LogP contribution in [-0.4, -0.2) is 43.3 Å². The van der Waals surface area contributed by atoms with Crippen molar-refractivity contribution in [2.45, 2.75) is 6.54 Å². The number of methoxy groups -OCH3 is 2. The molecule has 0 radical (unpaired) electrons. The van der Waals surface area contributed by atoms with Crippen LogP contribution in [0.3, 0.4) is 0 Å². The molecule has 112 valence electrons. The summed E-state index contributed by atoms with van der Waals surface area (Å²) in [6.07, 6.45) is 3.19. The number of aromatic nitrogens is 3. The molecular weight excluding hydrogens is 270 g/mol. The van der Waals surface area contributed by atoms with Crippen LogP contribution in [0.15, 0.2) is 24.7 Å². The molecule has 1 N–H and O–H groups in total. The molecule has 7 nitrogen and oxygen atoms in total. The number of hydrogen-bond acceptors (Lipinski definition) is 7. The Labute approximate surface area is 124 Å². The zero-order chi connectivity index (χ0) is 15.2. The average Bonchev–Trinajstić information content (AvgIpc) is 2.52. The number of ether oxygens (including phenoxy) is 2. The molecule has 2 aromatic rings. The van der Waals surface area contributed by atoms with Gasteiger partial charge in [0.2, 0.25) is 11.8 Å². The highest BCUT2D eigenvalue weighted by atomic mass is 16.5. The Hall–Kier alpha value is -2.57. The molecule has 0 saturated carbocycles. The van der Waals surface area contributed by atoms with Gasteiger partial charge in [0.25, 0.3) is 0 Å². The lowest BCUT2D eigenvalue weighted by atomic mass is 10.3. The quantitative estimate of drug-likeness (QED) is 0.865. The first-order chi connectivity index (χ1) is 10.2. The molecule has 0 bridgehead atoms. The van der Waals surface area contributed by atoms with Crippen molar-refractivity contribution in [2.24, 2.45) is 0 Å². The van der Waals surface area contributed by atoms with E-state index in [2.05, 4.69) is 20.3 Å². The molecule has 2 aromatic heterocycles. The Bertz CT molecular complexity index is 564. The summed E-state index contributed by atoms with van der Waals surface area (Å²) in [7, 11) is 7.04. The van der Waals surface area contributed by atoms with E-state index in [1.165, 1.54) is 6.33 Å². The van der Waals surface area contributed by atoms with Gasteiger partial charge in [-0.15, -0.1) is 0 Å². The molecule has 0 amide bonds. The van der Waals surface area contributed by atoms with Gasteiger partial charge in [-0.1, -0.05) is 0 Å². The van der Waals surface area contributed by atoms with Gasteiger partial charge in [0.05, 0.1) is 38.2 Å². The van der Waals surface area contributed by atoms with Gasteiger partial charge in [-0.05, 0) is 12.1 Å². The van der Waals surface area contributed by atoms with E-state index in [9.17, 15) is 0 Å². The van der Waals surface area contributed by atoms with Gasteiger partial charge in [0, 0.05) is 14.1 Å². The van der Waals surface area contributed by atoms with E-state index < -0.39 is 0 Å². The lowest BCUT2D eigenvalue weighted by Gasteiger charge is -2.14. The van der Waals surface area contributed by atoms with Gasteiger partial charge in [0.1, 0.15) is 12.1 Å². The maximum absolute atomic E-state index is 5.23. The predicted octanol–water partition coefficient (Wildman–Crippen LogP) is 1.57. The van der Waals surface area contributed by atoms with Crippen molar-refractivity contribution in [3.05, 3.63) is 30.2 Å². The minimum atomic E-state index is 0.482. The lowest BCUT2D eigenvalue weighted by molar-refractivity contribution is 0.363. The van der Waals surface area contributed by atoms with Gasteiger partial charge >= 0.3 is 0 Å². The molecule has 7 heteroatoms. The van der Waals surface area contributed by atoms with Crippen LogP contribution in [0.2, 0.25) is 0 Å². The Balaban J connectivity index is 2.12. The molecule has 0 unspecified atom stereocenters. The standard InChI is InChI=1S/C14H19N5O2/c1-19(2)12-6-5-10(7-16-12)15-8-11-13(20-3)17-9-18-14(11)21-4/h5-7,9,15H,8H2,1-4H3. The first-order valence-electron chi connectivity index (χ1n) is 6.44. The molecule has 0 saturated heterocycles. The topological polar surface area (TPSA) is 72.4 Å². The van der Waals surface area contributed by atoms with Crippen LogP contribution in [0, 0.1) is 0 Å². The van der Waals surface area contributed by atoms with E-state index in [4.69, 9.17) is 9.47 Å². The highest BCUT2D eigenvalue weighted by Crippen LogP contribution is 2.24. The summed E-state index contributed by atoms with van der Waals surface area (Å²) in [5.41, 5.74) is 1.66. The predicted molar refractivity (Wildman–Crippen MR) is 81.0 cm³/mol. The molecular formula is C14H19N5O2. The summed E-state index contributed by atoms with van der Waals surface area (Å²) < 4.78 is 10.5. The van der Waals surface area contributed by atoms with E-state index in [1.54, 1.807) is 20.4 Å². The number of pyridine rings is 1. The Morgan fingerprint density at radius 2 is 1.71 bits per heavy atom. The average molecular weight is 289 g/mol. The van der Waals surface area contributed by atoms with E-state index in [1.807, 2.05) is 31.1 Å². The first-order valence-corrected chi connectivity index (χ1v) is 6.44. The van der Waals surface area contributed by atoms with Crippen LogP contribution in [-0.2, 0) is 6.54 Å². The van der Waals surface area contributed by atoms with Crippen LogP contribution in [0.1, 0.15) is 5.56 Å². The van der Waals surface area contributed by atoms with Crippen molar-refractivity contribution in [1.29, 1.82) is 0 Å². The third kappa shape index (κ3) is 3.50. The normalized spacial score (nSPS) is 10.1. The van der Waals surface area contributed by atoms with Crippen LogP contribution >= 0.6 is 0 Å². The van der Waals surface area contributed by atoms with Crippen molar-refractivity contribution in [2.75, 3.05) is 38.5 Å². The van der Waals surface area contributed by atoms with E-state index in [-0.39, 0.29) is 0 Å². The maximum atomic E-state index is 5.23. The second-order valence-corrected chi connectivity index (χ2v) is 4.52. The molecule has 0 aromatic carbocycles. The van der Waals surface area contributed by atoms with Gasteiger partial charge in [0.15, 0.2) is 0 Å². The van der Waals surface area contributed by atoms with Crippen LogP contribution < -0.4 is 19.7 Å². The van der Waals surface area contributed by atoms with Crippen molar-refractivity contribution in [3.63, 3.8) is 0 Å². The molecule has 0 fully saturated rings. The van der Waals surface area contributed by atoms with Gasteiger partial charge in [-0.25, -0.2) is 15.0 Å². The summed E-state index contributed by atoms with van der Waals surface area (Å²) in [6.45, 7) is 0.482. The maximum Gasteiger partial charge on any atom is 0.225 e. The minimum Gasteiger partial charge on any atom is -0.481 e. The number of hydrogen-bond donors (Lipinski definition) is 1. The number of nitrogens with zero attached hydrogens (tertiary/aromatic N) is 4. The lowest BCUT2D eigenvalue weighted by Crippen LogP contribution is -2.11. The first kappa shape index (κ1) is 14.8. The monoisotopic (exact) mass is 289 g/mol. The van der Waals surface area contributed by atoms with Gasteiger partial charge in [-0.2, -0.15) is 0 Å². The molecule has 2 rings (SSSR count). The molecule has 0 aliphatic carbocycles. The minimum absolute atomic E-state index is 0.482. The molecule has 21 heavy (non-hydrogen) atoms. The Morgan fingerprint density at radius 3 is 2.19 bits per heavy atom. The molecule has 0 aliphatic rings. The fraction of sp³-hybridized carbons (Fsp3) is 0.357. The summed E-state index contributed by atoms with van der Waals surface area (Å²) >= 11 is 0. The third-order valence-electron chi connectivity index (χ3n) is 2.93. The van der Waals surface area contributed by atoms with Gasteiger partial charge in [-0.3, -0.25) is 0 Å².